The first-order valence-corrected chi connectivity index (χ1v) is 8.84. The first-order valence-electron chi connectivity index (χ1n) is 8.84. The quantitative estimate of drug-likeness (QED) is 0.855. The maximum atomic E-state index is 12.8. The van der Waals surface area contributed by atoms with Crippen molar-refractivity contribution in [3.8, 4) is 0 Å². The maximum absolute atomic E-state index is 12.8. The second-order valence-corrected chi connectivity index (χ2v) is 7.66. The molecule has 0 spiro atoms. The van der Waals surface area contributed by atoms with Crippen molar-refractivity contribution in [3.05, 3.63) is 48.0 Å². The monoisotopic (exact) mass is 355 g/mol. The number of nitrogens with one attached hydrogen (secondary N) is 1. The molecule has 0 amide bonds. The summed E-state index contributed by atoms with van der Waals surface area (Å²) in [6.45, 7) is 5.54. The summed E-state index contributed by atoms with van der Waals surface area (Å²) in [6, 6.07) is 13.2. The van der Waals surface area contributed by atoms with E-state index in [0.29, 0.717) is 6.42 Å². The van der Waals surface area contributed by atoms with E-state index in [4.69, 9.17) is 9.47 Å². The fourth-order valence-electron chi connectivity index (χ4n) is 3.54. The van der Waals surface area contributed by atoms with E-state index in [2.05, 4.69) is 5.32 Å². The summed E-state index contributed by atoms with van der Waals surface area (Å²) in [7, 11) is 1.36. The first kappa shape index (κ1) is 18.4. The smallest absolute Gasteiger partial charge is 0.322 e. The van der Waals surface area contributed by atoms with Crippen LogP contribution in [0.3, 0.4) is 0 Å². The first-order chi connectivity index (χ1) is 12.3. The highest BCUT2D eigenvalue weighted by molar-refractivity contribution is 5.88. The Balaban J connectivity index is 2.00. The van der Waals surface area contributed by atoms with E-state index in [1.54, 1.807) is 0 Å². The van der Waals surface area contributed by atoms with Crippen LogP contribution in [0.2, 0.25) is 0 Å². The molecular formula is C21H25NO4. The Morgan fingerprint density at radius 1 is 1.04 bits per heavy atom. The molecule has 0 aliphatic carbocycles. The van der Waals surface area contributed by atoms with Gasteiger partial charge in [0, 0.05) is 6.04 Å². The zero-order valence-electron chi connectivity index (χ0n) is 15.6. The molecule has 5 nitrogen and oxygen atoms in total. The van der Waals surface area contributed by atoms with Crippen molar-refractivity contribution in [1.29, 1.82) is 0 Å². The van der Waals surface area contributed by atoms with Crippen LogP contribution in [0.25, 0.3) is 10.8 Å². The van der Waals surface area contributed by atoms with Crippen LogP contribution in [0.15, 0.2) is 42.5 Å². The lowest BCUT2D eigenvalue weighted by Crippen LogP contribution is -2.34. The van der Waals surface area contributed by atoms with Crippen molar-refractivity contribution in [3.63, 3.8) is 0 Å². The molecule has 1 N–H and O–H groups in total. The van der Waals surface area contributed by atoms with Gasteiger partial charge in [-0.2, -0.15) is 0 Å². The summed E-state index contributed by atoms with van der Waals surface area (Å²) in [5, 5.41) is 5.45. The summed E-state index contributed by atoms with van der Waals surface area (Å²) in [4.78, 5) is 24.9. The van der Waals surface area contributed by atoms with Gasteiger partial charge in [-0.05, 0) is 43.5 Å². The van der Waals surface area contributed by atoms with E-state index in [0.717, 1.165) is 16.3 Å². The molecule has 2 aromatic rings. The minimum absolute atomic E-state index is 0.297. The van der Waals surface area contributed by atoms with Crippen molar-refractivity contribution >= 4 is 22.7 Å². The third-order valence-corrected chi connectivity index (χ3v) is 4.63. The standard InChI is InChI=1S/C21H25NO4/c1-21(2,3)26-19(23)16-12-17(20(24)25-4)22-18(16)15-11-7-9-13-8-5-6-10-14(13)15/h5-11,16-18,22H,12H2,1-4H3/t16-,17-,18-/m0/s1. The van der Waals surface area contributed by atoms with Crippen LogP contribution in [0, 0.1) is 5.92 Å². The maximum Gasteiger partial charge on any atom is 0.322 e. The van der Waals surface area contributed by atoms with Gasteiger partial charge in [0.15, 0.2) is 0 Å². The molecule has 26 heavy (non-hydrogen) atoms. The predicted octanol–water partition coefficient (Wildman–Crippen LogP) is 3.37. The molecule has 0 bridgehead atoms. The normalized spacial score (nSPS) is 23.0. The third kappa shape index (κ3) is 3.73. The highest BCUT2D eigenvalue weighted by Crippen LogP contribution is 2.38. The molecule has 0 aromatic heterocycles. The minimum Gasteiger partial charge on any atom is -0.468 e. The third-order valence-electron chi connectivity index (χ3n) is 4.63. The van der Waals surface area contributed by atoms with Gasteiger partial charge in [0.1, 0.15) is 11.6 Å². The fourth-order valence-corrected chi connectivity index (χ4v) is 3.54. The number of fused-ring (bicyclic) bond motifs is 1. The van der Waals surface area contributed by atoms with Gasteiger partial charge in [-0.1, -0.05) is 42.5 Å². The van der Waals surface area contributed by atoms with E-state index < -0.39 is 17.6 Å². The summed E-state index contributed by atoms with van der Waals surface area (Å²) in [5.74, 6) is -1.11. The van der Waals surface area contributed by atoms with Crippen molar-refractivity contribution in [2.75, 3.05) is 7.11 Å². The van der Waals surface area contributed by atoms with Gasteiger partial charge < -0.3 is 9.47 Å². The number of benzene rings is 2. The number of esters is 2. The second kappa shape index (κ2) is 7.08. The lowest BCUT2D eigenvalue weighted by Gasteiger charge is -2.25. The number of carbonyl (C=O) groups is 2. The van der Waals surface area contributed by atoms with E-state index in [1.807, 2.05) is 63.2 Å². The number of hydrogen-bond acceptors (Lipinski definition) is 5. The van der Waals surface area contributed by atoms with Crippen molar-refractivity contribution in [1.82, 2.24) is 5.32 Å². The van der Waals surface area contributed by atoms with Crippen LogP contribution in [-0.2, 0) is 19.1 Å². The molecule has 2 aromatic carbocycles. The van der Waals surface area contributed by atoms with Gasteiger partial charge in [0.2, 0.25) is 0 Å². The van der Waals surface area contributed by atoms with Crippen LogP contribution in [0.4, 0.5) is 0 Å². The summed E-state index contributed by atoms with van der Waals surface area (Å²) >= 11 is 0. The van der Waals surface area contributed by atoms with E-state index in [-0.39, 0.29) is 18.0 Å². The van der Waals surface area contributed by atoms with Crippen LogP contribution < -0.4 is 5.32 Å². The lowest BCUT2D eigenvalue weighted by molar-refractivity contribution is -0.160. The van der Waals surface area contributed by atoms with Crippen LogP contribution in [0.5, 0.6) is 0 Å². The highest BCUT2D eigenvalue weighted by atomic mass is 16.6. The van der Waals surface area contributed by atoms with Gasteiger partial charge in [-0.15, -0.1) is 0 Å². The molecule has 0 saturated carbocycles. The van der Waals surface area contributed by atoms with E-state index >= 15 is 0 Å². The Hall–Kier alpha value is -2.40. The molecule has 0 unspecified atom stereocenters. The molecule has 1 aliphatic rings. The van der Waals surface area contributed by atoms with Gasteiger partial charge in [-0.25, -0.2) is 0 Å². The van der Waals surface area contributed by atoms with Crippen LogP contribution >= 0.6 is 0 Å². The Labute approximate surface area is 153 Å². The Morgan fingerprint density at radius 2 is 1.73 bits per heavy atom. The van der Waals surface area contributed by atoms with Crippen LogP contribution in [-0.4, -0.2) is 30.7 Å². The second-order valence-electron chi connectivity index (χ2n) is 7.66. The molecular weight excluding hydrogens is 330 g/mol. The SMILES string of the molecule is COC(=O)[C@@H]1C[C@H](C(=O)OC(C)(C)C)[C@H](c2cccc3ccccc23)N1. The topological polar surface area (TPSA) is 64.6 Å². The van der Waals surface area contributed by atoms with Gasteiger partial charge in [0.25, 0.3) is 0 Å². The van der Waals surface area contributed by atoms with E-state index in [9.17, 15) is 9.59 Å². The number of methoxy groups -OCH3 is 1. The number of ether oxygens (including phenoxy) is 2. The number of hydrogen-bond donors (Lipinski definition) is 1. The molecule has 1 saturated heterocycles. The van der Waals surface area contributed by atoms with Gasteiger partial charge in [0.05, 0.1) is 13.0 Å². The summed E-state index contributed by atoms with van der Waals surface area (Å²) in [5.41, 5.74) is 0.411. The zero-order chi connectivity index (χ0) is 18.9. The Kier molecular flexibility index (Phi) is 5.01. The molecule has 5 heteroatoms. The Bertz CT molecular complexity index is 819. The molecule has 3 rings (SSSR count). The average molecular weight is 355 g/mol. The van der Waals surface area contributed by atoms with Crippen molar-refractivity contribution < 1.29 is 19.1 Å². The highest BCUT2D eigenvalue weighted by Gasteiger charge is 2.44. The van der Waals surface area contributed by atoms with Crippen molar-refractivity contribution in [2.24, 2.45) is 5.92 Å². The van der Waals surface area contributed by atoms with Crippen molar-refractivity contribution in [2.45, 2.75) is 44.9 Å². The zero-order valence-corrected chi connectivity index (χ0v) is 15.6. The summed E-state index contributed by atoms with van der Waals surface area (Å²) in [6.07, 6.45) is 0.357. The van der Waals surface area contributed by atoms with Crippen LogP contribution in [0.1, 0.15) is 38.8 Å². The molecule has 1 heterocycles. The Morgan fingerprint density at radius 3 is 2.42 bits per heavy atom. The average Bonchev–Trinajstić information content (AvgIpc) is 3.04. The lowest BCUT2D eigenvalue weighted by atomic mass is 9.90. The molecule has 3 atom stereocenters. The number of rotatable bonds is 3. The largest absolute Gasteiger partial charge is 0.468 e. The molecule has 1 fully saturated rings. The van der Waals surface area contributed by atoms with Gasteiger partial charge in [-0.3, -0.25) is 14.9 Å². The molecule has 138 valence electrons. The summed E-state index contributed by atoms with van der Waals surface area (Å²) < 4.78 is 10.5. The molecule has 1 aliphatic heterocycles. The predicted molar refractivity (Wildman–Crippen MR) is 99.6 cm³/mol. The van der Waals surface area contributed by atoms with Gasteiger partial charge >= 0.3 is 11.9 Å². The minimum atomic E-state index is -0.580. The number of carbonyl (C=O) groups excluding carboxylic acids is 2. The fraction of sp³-hybridized carbons (Fsp3) is 0.429. The van der Waals surface area contributed by atoms with E-state index in [1.165, 1.54) is 7.11 Å². The molecule has 0 radical (unpaired) electrons.